The SMILES string of the molecule is CCC(CC)CNC1CC(C)OC(C)C1. The summed E-state index contributed by atoms with van der Waals surface area (Å²) in [6.07, 6.45) is 5.77. The van der Waals surface area contributed by atoms with Gasteiger partial charge in [-0.3, -0.25) is 0 Å². The molecule has 0 saturated carbocycles. The molecule has 0 aromatic rings. The van der Waals surface area contributed by atoms with E-state index in [1.807, 2.05) is 0 Å². The molecule has 90 valence electrons. The van der Waals surface area contributed by atoms with Crippen molar-refractivity contribution in [1.82, 2.24) is 5.32 Å². The molecule has 0 bridgehead atoms. The van der Waals surface area contributed by atoms with Gasteiger partial charge in [-0.15, -0.1) is 0 Å². The Kier molecular flexibility index (Phi) is 5.62. The van der Waals surface area contributed by atoms with E-state index < -0.39 is 0 Å². The van der Waals surface area contributed by atoms with Crippen LogP contribution in [0, 0.1) is 5.92 Å². The van der Waals surface area contributed by atoms with Gasteiger partial charge < -0.3 is 10.1 Å². The van der Waals surface area contributed by atoms with Crippen molar-refractivity contribution in [2.24, 2.45) is 5.92 Å². The Balaban J connectivity index is 2.25. The fourth-order valence-electron chi connectivity index (χ4n) is 2.48. The van der Waals surface area contributed by atoms with Crippen molar-refractivity contribution in [1.29, 1.82) is 0 Å². The zero-order valence-corrected chi connectivity index (χ0v) is 10.8. The highest BCUT2D eigenvalue weighted by molar-refractivity contribution is 4.79. The first-order valence-electron chi connectivity index (χ1n) is 6.54. The summed E-state index contributed by atoms with van der Waals surface area (Å²) in [6, 6.07) is 0.671. The first-order chi connectivity index (χ1) is 7.15. The molecule has 1 N–H and O–H groups in total. The fraction of sp³-hybridized carbons (Fsp3) is 1.00. The van der Waals surface area contributed by atoms with Gasteiger partial charge in [-0.2, -0.15) is 0 Å². The molecule has 1 fully saturated rings. The number of hydrogen-bond donors (Lipinski definition) is 1. The van der Waals surface area contributed by atoms with E-state index >= 15 is 0 Å². The van der Waals surface area contributed by atoms with E-state index in [4.69, 9.17) is 4.74 Å². The molecule has 1 rings (SSSR count). The molecule has 0 amide bonds. The number of rotatable bonds is 5. The lowest BCUT2D eigenvalue weighted by molar-refractivity contribution is -0.0424. The highest BCUT2D eigenvalue weighted by Gasteiger charge is 2.24. The predicted octanol–water partition coefficient (Wildman–Crippen LogP) is 2.97. The van der Waals surface area contributed by atoms with Gasteiger partial charge in [0, 0.05) is 6.04 Å². The lowest BCUT2D eigenvalue weighted by Gasteiger charge is -2.33. The van der Waals surface area contributed by atoms with Crippen LogP contribution in [0.25, 0.3) is 0 Å². The molecule has 1 saturated heterocycles. The number of hydrogen-bond acceptors (Lipinski definition) is 2. The lowest BCUT2D eigenvalue weighted by Crippen LogP contribution is -2.42. The van der Waals surface area contributed by atoms with Crippen molar-refractivity contribution in [2.75, 3.05) is 6.54 Å². The molecular formula is C13H27NO. The standard InChI is InChI=1S/C13H27NO/c1-5-12(6-2)9-14-13-7-10(3)15-11(4)8-13/h10-14H,5-9H2,1-4H3. The van der Waals surface area contributed by atoms with Crippen molar-refractivity contribution >= 4 is 0 Å². The summed E-state index contributed by atoms with van der Waals surface area (Å²) in [5, 5.41) is 3.70. The molecule has 0 aromatic heterocycles. The van der Waals surface area contributed by atoms with E-state index in [2.05, 4.69) is 33.0 Å². The number of nitrogens with one attached hydrogen (secondary N) is 1. The maximum absolute atomic E-state index is 5.74. The zero-order chi connectivity index (χ0) is 11.3. The van der Waals surface area contributed by atoms with Crippen LogP contribution in [-0.4, -0.2) is 24.8 Å². The van der Waals surface area contributed by atoms with E-state index in [1.54, 1.807) is 0 Å². The molecule has 1 aliphatic rings. The number of ether oxygens (including phenoxy) is 1. The third kappa shape index (κ3) is 4.52. The third-order valence-electron chi connectivity index (χ3n) is 3.55. The van der Waals surface area contributed by atoms with Crippen molar-refractivity contribution in [2.45, 2.75) is 71.6 Å². The highest BCUT2D eigenvalue weighted by atomic mass is 16.5. The van der Waals surface area contributed by atoms with E-state index in [0.29, 0.717) is 18.2 Å². The van der Waals surface area contributed by atoms with Crippen LogP contribution < -0.4 is 5.32 Å². The van der Waals surface area contributed by atoms with E-state index in [9.17, 15) is 0 Å². The molecule has 2 unspecified atom stereocenters. The van der Waals surface area contributed by atoms with Crippen LogP contribution in [0.1, 0.15) is 53.4 Å². The van der Waals surface area contributed by atoms with Crippen molar-refractivity contribution in [3.05, 3.63) is 0 Å². The summed E-state index contributed by atoms with van der Waals surface area (Å²) in [4.78, 5) is 0. The Bertz CT molecular complexity index is 158. The van der Waals surface area contributed by atoms with Crippen LogP contribution in [0.2, 0.25) is 0 Å². The minimum Gasteiger partial charge on any atom is -0.375 e. The summed E-state index contributed by atoms with van der Waals surface area (Å²) in [7, 11) is 0. The fourth-order valence-corrected chi connectivity index (χ4v) is 2.48. The van der Waals surface area contributed by atoms with Gasteiger partial charge in [0.05, 0.1) is 12.2 Å². The van der Waals surface area contributed by atoms with Gasteiger partial charge in [-0.25, -0.2) is 0 Å². The third-order valence-corrected chi connectivity index (χ3v) is 3.55. The molecule has 0 radical (unpaired) electrons. The van der Waals surface area contributed by atoms with Gasteiger partial charge in [-0.05, 0) is 39.2 Å². The predicted molar refractivity (Wildman–Crippen MR) is 65.1 cm³/mol. The van der Waals surface area contributed by atoms with Gasteiger partial charge in [0.2, 0.25) is 0 Å². The van der Waals surface area contributed by atoms with Crippen LogP contribution in [0.3, 0.4) is 0 Å². The minimum absolute atomic E-state index is 0.424. The van der Waals surface area contributed by atoms with Gasteiger partial charge in [-0.1, -0.05) is 26.7 Å². The maximum atomic E-state index is 5.74. The Hall–Kier alpha value is -0.0800. The molecule has 1 heterocycles. The van der Waals surface area contributed by atoms with Crippen molar-refractivity contribution < 1.29 is 4.74 Å². The Morgan fingerprint density at radius 3 is 2.13 bits per heavy atom. The average molecular weight is 213 g/mol. The minimum atomic E-state index is 0.424. The first kappa shape index (κ1) is 13.0. The quantitative estimate of drug-likeness (QED) is 0.758. The van der Waals surface area contributed by atoms with Gasteiger partial charge in [0.1, 0.15) is 0 Å². The molecule has 2 heteroatoms. The molecule has 2 atom stereocenters. The van der Waals surface area contributed by atoms with Crippen LogP contribution in [-0.2, 0) is 4.74 Å². The summed E-state index contributed by atoms with van der Waals surface area (Å²) in [5.74, 6) is 0.846. The lowest BCUT2D eigenvalue weighted by atomic mass is 9.98. The molecule has 0 aliphatic carbocycles. The van der Waals surface area contributed by atoms with Crippen molar-refractivity contribution in [3.8, 4) is 0 Å². The highest BCUT2D eigenvalue weighted by Crippen LogP contribution is 2.19. The second kappa shape index (κ2) is 6.49. The zero-order valence-electron chi connectivity index (χ0n) is 10.8. The molecule has 0 spiro atoms. The molecule has 15 heavy (non-hydrogen) atoms. The average Bonchev–Trinajstić information content (AvgIpc) is 2.18. The maximum Gasteiger partial charge on any atom is 0.0565 e. The summed E-state index contributed by atoms with van der Waals surface area (Å²) in [6.45, 7) is 10.1. The largest absolute Gasteiger partial charge is 0.375 e. The Morgan fingerprint density at radius 2 is 1.67 bits per heavy atom. The van der Waals surface area contributed by atoms with Gasteiger partial charge in [0.15, 0.2) is 0 Å². The smallest absolute Gasteiger partial charge is 0.0565 e. The van der Waals surface area contributed by atoms with Gasteiger partial charge in [0.25, 0.3) is 0 Å². The molecule has 2 nitrogen and oxygen atoms in total. The van der Waals surface area contributed by atoms with Gasteiger partial charge >= 0.3 is 0 Å². The second-order valence-electron chi connectivity index (χ2n) is 5.02. The van der Waals surface area contributed by atoms with E-state index in [-0.39, 0.29) is 0 Å². The molecule has 0 aromatic carbocycles. The monoisotopic (exact) mass is 213 g/mol. The van der Waals surface area contributed by atoms with E-state index in [1.165, 1.54) is 32.2 Å². The van der Waals surface area contributed by atoms with Crippen LogP contribution in [0.15, 0.2) is 0 Å². The summed E-state index contributed by atoms with van der Waals surface area (Å²) < 4.78 is 5.74. The Labute approximate surface area is 94.8 Å². The van der Waals surface area contributed by atoms with Crippen LogP contribution in [0.5, 0.6) is 0 Å². The Morgan fingerprint density at radius 1 is 1.13 bits per heavy atom. The normalized spacial score (nSPS) is 32.2. The molecular weight excluding hydrogens is 186 g/mol. The molecule has 1 aliphatic heterocycles. The van der Waals surface area contributed by atoms with Crippen molar-refractivity contribution in [3.63, 3.8) is 0 Å². The van der Waals surface area contributed by atoms with Crippen LogP contribution >= 0.6 is 0 Å². The summed E-state index contributed by atoms with van der Waals surface area (Å²) >= 11 is 0. The van der Waals surface area contributed by atoms with Crippen LogP contribution in [0.4, 0.5) is 0 Å². The first-order valence-corrected chi connectivity index (χ1v) is 6.54. The second-order valence-corrected chi connectivity index (χ2v) is 5.02. The topological polar surface area (TPSA) is 21.3 Å². The summed E-state index contributed by atoms with van der Waals surface area (Å²) in [5.41, 5.74) is 0. The van der Waals surface area contributed by atoms with E-state index in [0.717, 1.165) is 5.92 Å².